The van der Waals surface area contributed by atoms with Crippen molar-refractivity contribution in [3.05, 3.63) is 23.3 Å². The number of nitrogens with one attached hydrogen (secondary N) is 1. The molecule has 0 unspecified atom stereocenters. The van der Waals surface area contributed by atoms with Crippen molar-refractivity contribution < 1.29 is 9.53 Å². The summed E-state index contributed by atoms with van der Waals surface area (Å²) in [6.07, 6.45) is 0. The third kappa shape index (κ3) is 1.37. The molecular formula is C10H11NO2. The maximum absolute atomic E-state index is 11.0. The molecule has 1 aromatic rings. The second kappa shape index (κ2) is 2.76. The molecule has 2 rings (SSSR count). The summed E-state index contributed by atoms with van der Waals surface area (Å²) in [6.45, 7) is 4.09. The minimum atomic E-state index is -0.0838. The van der Waals surface area contributed by atoms with Gasteiger partial charge in [-0.15, -0.1) is 0 Å². The van der Waals surface area contributed by atoms with E-state index in [9.17, 15) is 4.79 Å². The SMILES string of the molecule is Cc1cc(C)c2c(c1)OCC(=O)N2. The largest absolute Gasteiger partial charge is 0.482 e. The smallest absolute Gasteiger partial charge is 0.262 e. The fraction of sp³-hybridized carbons (Fsp3) is 0.300. The zero-order valence-electron chi connectivity index (χ0n) is 7.68. The van der Waals surface area contributed by atoms with Crippen LogP contribution in [0.15, 0.2) is 12.1 Å². The van der Waals surface area contributed by atoms with E-state index >= 15 is 0 Å². The summed E-state index contributed by atoms with van der Waals surface area (Å²) in [5.74, 6) is 0.691. The lowest BCUT2D eigenvalue weighted by Gasteiger charge is -2.20. The number of benzene rings is 1. The van der Waals surface area contributed by atoms with Gasteiger partial charge in [-0.1, -0.05) is 6.07 Å². The van der Waals surface area contributed by atoms with E-state index in [4.69, 9.17) is 4.74 Å². The average molecular weight is 177 g/mol. The molecule has 1 heterocycles. The Kier molecular flexibility index (Phi) is 1.72. The van der Waals surface area contributed by atoms with Gasteiger partial charge in [-0.2, -0.15) is 0 Å². The molecule has 0 aliphatic carbocycles. The predicted molar refractivity (Wildman–Crippen MR) is 50.0 cm³/mol. The zero-order chi connectivity index (χ0) is 9.42. The molecule has 1 aliphatic rings. The third-order valence-corrected chi connectivity index (χ3v) is 2.07. The maximum atomic E-state index is 11.0. The number of carbonyl (C=O) groups is 1. The van der Waals surface area contributed by atoms with Crippen LogP contribution >= 0.6 is 0 Å². The van der Waals surface area contributed by atoms with Crippen LogP contribution in [0.4, 0.5) is 5.69 Å². The zero-order valence-corrected chi connectivity index (χ0v) is 7.68. The Balaban J connectivity index is 2.53. The van der Waals surface area contributed by atoms with Crippen molar-refractivity contribution in [2.75, 3.05) is 11.9 Å². The normalized spacial score (nSPS) is 14.5. The lowest BCUT2D eigenvalue weighted by molar-refractivity contribution is -0.118. The summed E-state index contributed by atoms with van der Waals surface area (Å²) >= 11 is 0. The molecule has 1 aromatic carbocycles. The third-order valence-electron chi connectivity index (χ3n) is 2.07. The molecular weight excluding hydrogens is 166 g/mol. The molecule has 0 atom stereocenters. The van der Waals surface area contributed by atoms with Crippen molar-refractivity contribution in [2.45, 2.75) is 13.8 Å². The number of ether oxygens (including phenoxy) is 1. The monoisotopic (exact) mass is 177 g/mol. The number of anilines is 1. The fourth-order valence-corrected chi connectivity index (χ4v) is 1.52. The molecule has 1 N–H and O–H groups in total. The molecule has 0 fully saturated rings. The molecule has 3 nitrogen and oxygen atoms in total. The quantitative estimate of drug-likeness (QED) is 0.654. The van der Waals surface area contributed by atoms with Crippen LogP contribution in [0.2, 0.25) is 0 Å². The highest BCUT2D eigenvalue weighted by Gasteiger charge is 2.17. The molecule has 0 bridgehead atoms. The molecule has 13 heavy (non-hydrogen) atoms. The van der Waals surface area contributed by atoms with Gasteiger partial charge in [-0.3, -0.25) is 4.79 Å². The van der Waals surface area contributed by atoms with Crippen molar-refractivity contribution in [3.63, 3.8) is 0 Å². The first-order chi connectivity index (χ1) is 6.16. The molecule has 1 amide bonds. The number of fused-ring (bicyclic) bond motifs is 1. The number of hydrogen-bond donors (Lipinski definition) is 1. The van der Waals surface area contributed by atoms with Crippen LogP contribution < -0.4 is 10.1 Å². The van der Waals surface area contributed by atoms with Crippen molar-refractivity contribution in [2.24, 2.45) is 0 Å². The second-order valence-corrected chi connectivity index (χ2v) is 3.29. The van der Waals surface area contributed by atoms with E-state index < -0.39 is 0 Å². The highest BCUT2D eigenvalue weighted by atomic mass is 16.5. The topological polar surface area (TPSA) is 38.3 Å². The summed E-state index contributed by atoms with van der Waals surface area (Å²) in [5.41, 5.74) is 3.00. The van der Waals surface area contributed by atoms with Gasteiger partial charge >= 0.3 is 0 Å². The van der Waals surface area contributed by atoms with E-state index in [-0.39, 0.29) is 12.5 Å². The van der Waals surface area contributed by atoms with Crippen LogP contribution in [-0.2, 0) is 4.79 Å². The summed E-state index contributed by atoms with van der Waals surface area (Å²) in [5, 5.41) is 2.79. The summed E-state index contributed by atoms with van der Waals surface area (Å²) in [6, 6.07) is 3.95. The van der Waals surface area contributed by atoms with E-state index in [1.807, 2.05) is 26.0 Å². The first-order valence-electron chi connectivity index (χ1n) is 4.21. The summed E-state index contributed by atoms with van der Waals surface area (Å²) in [4.78, 5) is 11.0. The van der Waals surface area contributed by atoms with Crippen LogP contribution in [0.1, 0.15) is 11.1 Å². The lowest BCUT2D eigenvalue weighted by Crippen LogP contribution is -2.26. The van der Waals surface area contributed by atoms with E-state index in [0.717, 1.165) is 22.6 Å². The van der Waals surface area contributed by atoms with Crippen molar-refractivity contribution in [1.29, 1.82) is 0 Å². The minimum absolute atomic E-state index is 0.0838. The van der Waals surface area contributed by atoms with E-state index in [1.165, 1.54) is 0 Å². The summed E-state index contributed by atoms with van der Waals surface area (Å²) < 4.78 is 5.29. The van der Waals surface area contributed by atoms with Crippen LogP contribution in [0, 0.1) is 13.8 Å². The molecule has 1 aliphatic heterocycles. The van der Waals surface area contributed by atoms with Gasteiger partial charge in [0.2, 0.25) is 0 Å². The van der Waals surface area contributed by atoms with E-state index in [1.54, 1.807) is 0 Å². The van der Waals surface area contributed by atoms with Gasteiger partial charge in [0, 0.05) is 0 Å². The number of aryl methyl sites for hydroxylation is 2. The molecule has 0 saturated carbocycles. The van der Waals surface area contributed by atoms with Crippen LogP contribution in [0.25, 0.3) is 0 Å². The van der Waals surface area contributed by atoms with E-state index in [2.05, 4.69) is 5.32 Å². The molecule has 0 aromatic heterocycles. The number of hydrogen-bond acceptors (Lipinski definition) is 2. The Morgan fingerprint density at radius 2 is 2.15 bits per heavy atom. The van der Waals surface area contributed by atoms with Gasteiger partial charge in [0.05, 0.1) is 5.69 Å². The predicted octanol–water partition coefficient (Wildman–Crippen LogP) is 1.63. The van der Waals surface area contributed by atoms with Gasteiger partial charge in [-0.05, 0) is 31.0 Å². The maximum Gasteiger partial charge on any atom is 0.262 e. The Labute approximate surface area is 76.7 Å². The van der Waals surface area contributed by atoms with E-state index in [0.29, 0.717) is 0 Å². The molecule has 0 spiro atoms. The highest BCUT2D eigenvalue weighted by molar-refractivity contribution is 5.96. The molecule has 3 heteroatoms. The first kappa shape index (κ1) is 8.10. The van der Waals surface area contributed by atoms with Crippen molar-refractivity contribution >= 4 is 11.6 Å². The van der Waals surface area contributed by atoms with Gasteiger partial charge in [0.1, 0.15) is 5.75 Å². The number of rotatable bonds is 0. The minimum Gasteiger partial charge on any atom is -0.482 e. The van der Waals surface area contributed by atoms with Crippen molar-refractivity contribution in [3.8, 4) is 5.75 Å². The Morgan fingerprint density at radius 1 is 1.38 bits per heavy atom. The fourth-order valence-electron chi connectivity index (χ4n) is 1.52. The second-order valence-electron chi connectivity index (χ2n) is 3.29. The lowest BCUT2D eigenvalue weighted by atomic mass is 10.1. The Bertz CT molecular complexity index is 371. The molecule has 68 valence electrons. The molecule has 0 radical (unpaired) electrons. The van der Waals surface area contributed by atoms with Crippen LogP contribution in [0.5, 0.6) is 5.75 Å². The van der Waals surface area contributed by atoms with Gasteiger partial charge in [0.25, 0.3) is 5.91 Å². The Hall–Kier alpha value is -1.51. The summed E-state index contributed by atoms with van der Waals surface area (Å²) in [7, 11) is 0. The Morgan fingerprint density at radius 3 is 2.92 bits per heavy atom. The first-order valence-corrected chi connectivity index (χ1v) is 4.21. The van der Waals surface area contributed by atoms with Gasteiger partial charge in [-0.25, -0.2) is 0 Å². The number of amides is 1. The average Bonchev–Trinajstić information content (AvgIpc) is 2.06. The van der Waals surface area contributed by atoms with Crippen molar-refractivity contribution in [1.82, 2.24) is 0 Å². The van der Waals surface area contributed by atoms with Crippen LogP contribution in [0.3, 0.4) is 0 Å². The molecule has 0 saturated heterocycles. The van der Waals surface area contributed by atoms with Crippen LogP contribution in [-0.4, -0.2) is 12.5 Å². The highest BCUT2D eigenvalue weighted by Crippen LogP contribution is 2.31. The number of carbonyl (C=O) groups excluding carboxylic acids is 1. The standard InChI is InChI=1S/C10H11NO2/c1-6-3-7(2)10-8(4-6)13-5-9(12)11-10/h3-4H,5H2,1-2H3,(H,11,12). The van der Waals surface area contributed by atoms with Gasteiger partial charge < -0.3 is 10.1 Å². The van der Waals surface area contributed by atoms with Gasteiger partial charge in [0.15, 0.2) is 6.61 Å².